The lowest BCUT2D eigenvalue weighted by atomic mass is 10.0. The molecule has 1 amide bonds. The molecule has 3 N–H and O–H groups in total. The number of ether oxygens (including phenoxy) is 1. The molecule has 0 saturated heterocycles. The predicted molar refractivity (Wildman–Crippen MR) is 133 cm³/mol. The van der Waals surface area contributed by atoms with E-state index in [0.29, 0.717) is 34.1 Å². The first-order valence-corrected chi connectivity index (χ1v) is 11.1. The number of amides is 1. The lowest BCUT2D eigenvalue weighted by Crippen LogP contribution is -2.42. The number of halogens is 1. The summed E-state index contributed by atoms with van der Waals surface area (Å²) >= 11 is 0. The van der Waals surface area contributed by atoms with E-state index in [-0.39, 0.29) is 12.1 Å². The number of nitrogens with zero attached hydrogens (tertiary/aromatic N) is 4. The number of methoxy groups -OCH3 is 1. The number of pyridine rings is 1. The molecule has 3 heterocycles. The predicted octanol–water partition coefficient (Wildman–Crippen LogP) is 3.86. The van der Waals surface area contributed by atoms with Crippen LogP contribution in [0.1, 0.15) is 29.8 Å². The van der Waals surface area contributed by atoms with Crippen molar-refractivity contribution in [3.8, 4) is 23.2 Å². The Morgan fingerprint density at radius 1 is 1.22 bits per heavy atom. The van der Waals surface area contributed by atoms with Crippen LogP contribution in [-0.2, 0) is 0 Å². The molecule has 184 valence electrons. The smallest absolute Gasteiger partial charge is 0.255 e. The van der Waals surface area contributed by atoms with Gasteiger partial charge < -0.3 is 20.5 Å². The Hall–Kier alpha value is -4.49. The fourth-order valence-corrected chi connectivity index (χ4v) is 3.49. The van der Waals surface area contributed by atoms with Crippen LogP contribution in [0, 0.1) is 11.3 Å². The van der Waals surface area contributed by atoms with Crippen LogP contribution < -0.4 is 15.4 Å². The summed E-state index contributed by atoms with van der Waals surface area (Å²) in [6.45, 7) is 2.32. The van der Waals surface area contributed by atoms with Crippen molar-refractivity contribution in [1.29, 1.82) is 5.26 Å². The Kier molecular flexibility index (Phi) is 6.85. The zero-order chi connectivity index (χ0) is 25.9. The number of aromatic nitrogens is 3. The van der Waals surface area contributed by atoms with E-state index < -0.39 is 17.7 Å². The molecule has 1 aromatic carbocycles. The number of hydrogen-bond donors (Lipinski definition) is 3. The summed E-state index contributed by atoms with van der Waals surface area (Å²) < 4.78 is 21.1. The Bertz CT molecular complexity index is 1440. The number of aliphatic hydroxyl groups is 1. The molecule has 0 radical (unpaired) electrons. The van der Waals surface area contributed by atoms with Gasteiger partial charge in [-0.05, 0) is 62.4 Å². The number of benzene rings is 1. The minimum Gasteiger partial charge on any atom is -0.497 e. The molecule has 0 bridgehead atoms. The van der Waals surface area contributed by atoms with Crippen LogP contribution in [-0.4, -0.2) is 51.0 Å². The Balaban J connectivity index is 1.70. The molecular weight excluding hydrogens is 463 g/mol. The van der Waals surface area contributed by atoms with Crippen molar-refractivity contribution in [2.24, 2.45) is 0 Å². The minimum atomic E-state index is -1.65. The second kappa shape index (κ2) is 10.0. The number of nitriles is 1. The van der Waals surface area contributed by atoms with Gasteiger partial charge >= 0.3 is 0 Å². The molecule has 3 aromatic heterocycles. The van der Waals surface area contributed by atoms with Crippen molar-refractivity contribution in [3.63, 3.8) is 0 Å². The molecule has 1 atom stereocenters. The van der Waals surface area contributed by atoms with Crippen molar-refractivity contribution in [1.82, 2.24) is 19.9 Å². The van der Waals surface area contributed by atoms with Crippen molar-refractivity contribution in [3.05, 3.63) is 72.1 Å². The maximum absolute atomic E-state index is 14.2. The average Bonchev–Trinajstić information content (AvgIpc) is 3.30. The van der Waals surface area contributed by atoms with Gasteiger partial charge in [-0.1, -0.05) is 0 Å². The molecule has 0 aliphatic carbocycles. The molecule has 0 aliphatic rings. The van der Waals surface area contributed by atoms with Crippen LogP contribution in [0.4, 0.5) is 15.8 Å². The summed E-state index contributed by atoms with van der Waals surface area (Å²) in [4.78, 5) is 17.4. The van der Waals surface area contributed by atoms with Crippen LogP contribution in [0.3, 0.4) is 0 Å². The largest absolute Gasteiger partial charge is 0.497 e. The quantitative estimate of drug-likeness (QED) is 0.344. The van der Waals surface area contributed by atoms with Gasteiger partial charge in [-0.25, -0.2) is 8.91 Å². The summed E-state index contributed by atoms with van der Waals surface area (Å²) in [6, 6.07) is 16.3. The highest BCUT2D eigenvalue weighted by Gasteiger charge is 2.27. The van der Waals surface area contributed by atoms with Gasteiger partial charge in [0.05, 0.1) is 59.2 Å². The van der Waals surface area contributed by atoms with Gasteiger partial charge in [-0.3, -0.25) is 9.78 Å². The summed E-state index contributed by atoms with van der Waals surface area (Å²) in [5, 5.41) is 29.0. The maximum Gasteiger partial charge on any atom is 0.255 e. The highest BCUT2D eigenvalue weighted by molar-refractivity contribution is 6.00. The monoisotopic (exact) mass is 488 g/mol. The number of fused-ring (bicyclic) bond motifs is 1. The maximum atomic E-state index is 14.2. The molecule has 0 aliphatic heterocycles. The fourth-order valence-electron chi connectivity index (χ4n) is 3.49. The number of rotatable bonds is 8. The topological polar surface area (TPSA) is 125 Å². The van der Waals surface area contributed by atoms with E-state index in [1.54, 1.807) is 48.0 Å². The fraction of sp³-hybridized carbons (Fsp3) is 0.231. The molecule has 0 fully saturated rings. The van der Waals surface area contributed by atoms with Gasteiger partial charge in [0.25, 0.3) is 5.91 Å². The Labute approximate surface area is 207 Å². The molecular formula is C26H25FN6O3. The van der Waals surface area contributed by atoms with Crippen LogP contribution in [0.2, 0.25) is 0 Å². The summed E-state index contributed by atoms with van der Waals surface area (Å²) in [7, 11) is 1.57. The van der Waals surface area contributed by atoms with Gasteiger partial charge in [0.2, 0.25) is 0 Å². The van der Waals surface area contributed by atoms with Gasteiger partial charge in [0, 0.05) is 11.9 Å². The van der Waals surface area contributed by atoms with E-state index in [2.05, 4.69) is 26.8 Å². The van der Waals surface area contributed by atoms with Gasteiger partial charge in [0.15, 0.2) is 0 Å². The normalized spacial score (nSPS) is 12.1. The van der Waals surface area contributed by atoms with Crippen molar-refractivity contribution in [2.75, 3.05) is 19.0 Å². The standard InChI is InChI=1S/C26H25FN6O3/c1-26(2,35)24(27)15-30-25(34)20-14-29-22(11-21(20)32-17-4-7-19(36-3)8-5-17)23-9-6-18-10-16(12-28)13-31-33(18)23/h4-11,13-14,24,35H,15H2,1-3H3,(H,29,32)(H,30,34). The first-order valence-electron chi connectivity index (χ1n) is 11.1. The molecule has 36 heavy (non-hydrogen) atoms. The van der Waals surface area contributed by atoms with E-state index in [0.717, 1.165) is 5.52 Å². The van der Waals surface area contributed by atoms with E-state index >= 15 is 0 Å². The number of carbonyl (C=O) groups is 1. The zero-order valence-corrected chi connectivity index (χ0v) is 20.0. The van der Waals surface area contributed by atoms with Crippen LogP contribution in [0.15, 0.2) is 60.9 Å². The lowest BCUT2D eigenvalue weighted by Gasteiger charge is -2.22. The van der Waals surface area contributed by atoms with Crippen molar-refractivity contribution >= 4 is 22.8 Å². The number of alkyl halides is 1. The third-order valence-electron chi connectivity index (χ3n) is 5.62. The van der Waals surface area contributed by atoms with E-state index in [1.165, 1.54) is 26.2 Å². The molecule has 0 spiro atoms. The molecule has 4 rings (SSSR count). The number of hydrogen-bond acceptors (Lipinski definition) is 7. The SMILES string of the molecule is COc1ccc(Nc2cc(-c3ccc4cc(C#N)cnn34)ncc2C(=O)NCC(F)C(C)(C)O)cc1. The summed E-state index contributed by atoms with van der Waals surface area (Å²) in [5.41, 5.74) is 2.07. The number of anilines is 2. The van der Waals surface area contributed by atoms with Gasteiger partial charge in [-0.2, -0.15) is 10.4 Å². The zero-order valence-electron chi connectivity index (χ0n) is 20.0. The minimum absolute atomic E-state index is 0.193. The second-order valence-electron chi connectivity index (χ2n) is 8.71. The van der Waals surface area contributed by atoms with E-state index in [9.17, 15) is 14.3 Å². The van der Waals surface area contributed by atoms with E-state index in [4.69, 9.17) is 10.00 Å². The molecule has 10 heteroatoms. The number of nitrogens with one attached hydrogen (secondary N) is 2. The van der Waals surface area contributed by atoms with Crippen molar-refractivity contribution < 1.29 is 19.0 Å². The van der Waals surface area contributed by atoms with Crippen LogP contribution >= 0.6 is 0 Å². The van der Waals surface area contributed by atoms with Crippen LogP contribution in [0.25, 0.3) is 16.9 Å². The second-order valence-corrected chi connectivity index (χ2v) is 8.71. The number of carbonyl (C=O) groups excluding carboxylic acids is 1. The van der Waals surface area contributed by atoms with Crippen LogP contribution in [0.5, 0.6) is 5.75 Å². The first kappa shape index (κ1) is 24.6. The third-order valence-corrected chi connectivity index (χ3v) is 5.62. The van der Waals surface area contributed by atoms with E-state index in [1.807, 2.05) is 12.1 Å². The lowest BCUT2D eigenvalue weighted by molar-refractivity contribution is -0.00177. The van der Waals surface area contributed by atoms with Gasteiger partial charge in [0.1, 0.15) is 18.0 Å². The Morgan fingerprint density at radius 2 is 1.97 bits per heavy atom. The molecule has 4 aromatic rings. The molecule has 9 nitrogen and oxygen atoms in total. The highest BCUT2D eigenvalue weighted by Crippen LogP contribution is 2.28. The molecule has 1 unspecified atom stereocenters. The summed E-state index contributed by atoms with van der Waals surface area (Å²) in [6.07, 6.45) is 1.21. The average molecular weight is 489 g/mol. The highest BCUT2D eigenvalue weighted by atomic mass is 19.1. The Morgan fingerprint density at radius 3 is 2.64 bits per heavy atom. The first-order chi connectivity index (χ1) is 17.2. The van der Waals surface area contributed by atoms with Gasteiger partial charge in [-0.15, -0.1) is 0 Å². The van der Waals surface area contributed by atoms with Crippen molar-refractivity contribution in [2.45, 2.75) is 25.6 Å². The third kappa shape index (κ3) is 5.26. The summed E-state index contributed by atoms with van der Waals surface area (Å²) in [5.74, 6) is 0.130. The molecule has 0 saturated carbocycles.